The zero-order chi connectivity index (χ0) is 12.7. The van der Waals surface area contributed by atoms with E-state index in [2.05, 4.69) is 0 Å². The Kier molecular flexibility index (Phi) is 3.14. The van der Waals surface area contributed by atoms with Gasteiger partial charge in [-0.3, -0.25) is 4.79 Å². The molecule has 1 atom stereocenters. The zero-order valence-corrected chi connectivity index (χ0v) is 11.1. The monoisotopic (exact) mass is 273 g/mol. The van der Waals surface area contributed by atoms with E-state index < -0.39 is 5.97 Å². The van der Waals surface area contributed by atoms with Gasteiger partial charge in [-0.1, -0.05) is 0 Å². The molecular formula is C11H12ClNO3S. The number of halogens is 1. The number of nitrogens with zero attached hydrogens (tertiary/aromatic N) is 1. The van der Waals surface area contributed by atoms with Crippen molar-refractivity contribution in [2.45, 2.75) is 25.6 Å². The maximum Gasteiger partial charge on any atom is 0.339 e. The molecule has 1 amide bonds. The maximum absolute atomic E-state index is 11.7. The van der Waals surface area contributed by atoms with Crippen LogP contribution in [0.1, 0.15) is 27.2 Å². The molecule has 17 heavy (non-hydrogen) atoms. The van der Waals surface area contributed by atoms with Gasteiger partial charge in [0.05, 0.1) is 10.9 Å². The number of carboxylic acid groups (broad SMARTS) is 1. The number of amides is 1. The van der Waals surface area contributed by atoms with E-state index in [9.17, 15) is 14.7 Å². The predicted molar refractivity (Wildman–Crippen MR) is 67.4 cm³/mol. The van der Waals surface area contributed by atoms with Gasteiger partial charge in [0.1, 0.15) is 5.00 Å². The van der Waals surface area contributed by atoms with Crippen molar-refractivity contribution in [2.75, 3.05) is 11.4 Å². The highest BCUT2D eigenvalue weighted by molar-refractivity contribution is 7.16. The van der Waals surface area contributed by atoms with Gasteiger partial charge in [-0.05, 0) is 19.4 Å². The quantitative estimate of drug-likeness (QED) is 0.842. The molecule has 0 bridgehead atoms. The highest BCUT2D eigenvalue weighted by Crippen LogP contribution is 2.38. The molecule has 1 unspecified atom stereocenters. The molecule has 1 aliphatic heterocycles. The number of alkyl halides is 1. The third-order valence-corrected chi connectivity index (χ3v) is 4.43. The minimum atomic E-state index is -0.993. The van der Waals surface area contributed by atoms with E-state index in [4.69, 9.17) is 11.6 Å². The summed E-state index contributed by atoms with van der Waals surface area (Å²) in [5.41, 5.74) is 0.954. The first kappa shape index (κ1) is 12.4. The lowest BCUT2D eigenvalue weighted by molar-refractivity contribution is -0.117. The van der Waals surface area contributed by atoms with Crippen LogP contribution in [0.3, 0.4) is 0 Å². The molecule has 4 nitrogen and oxygen atoms in total. The van der Waals surface area contributed by atoms with Crippen LogP contribution >= 0.6 is 22.9 Å². The van der Waals surface area contributed by atoms with E-state index in [1.807, 2.05) is 6.92 Å². The van der Waals surface area contributed by atoms with Gasteiger partial charge in [0.25, 0.3) is 0 Å². The topological polar surface area (TPSA) is 57.6 Å². The fourth-order valence-corrected chi connectivity index (χ4v) is 3.36. The van der Waals surface area contributed by atoms with Crippen molar-refractivity contribution < 1.29 is 14.7 Å². The van der Waals surface area contributed by atoms with Gasteiger partial charge in [-0.25, -0.2) is 4.79 Å². The number of anilines is 1. The molecule has 0 radical (unpaired) electrons. The Morgan fingerprint density at radius 3 is 2.65 bits per heavy atom. The van der Waals surface area contributed by atoms with Gasteiger partial charge in [0, 0.05) is 17.8 Å². The zero-order valence-electron chi connectivity index (χ0n) is 9.49. The van der Waals surface area contributed by atoms with Crippen LogP contribution in [0.25, 0.3) is 0 Å². The second kappa shape index (κ2) is 4.31. The highest BCUT2D eigenvalue weighted by Gasteiger charge is 2.34. The summed E-state index contributed by atoms with van der Waals surface area (Å²) in [6, 6.07) is 0. The Bertz CT molecular complexity index is 497. The second-order valence-corrected chi connectivity index (χ2v) is 5.89. The van der Waals surface area contributed by atoms with Crippen molar-refractivity contribution >= 4 is 39.8 Å². The molecule has 1 saturated heterocycles. The molecule has 1 aliphatic rings. The van der Waals surface area contributed by atoms with Crippen molar-refractivity contribution in [1.29, 1.82) is 0 Å². The Labute approximate surface area is 108 Å². The molecule has 92 valence electrons. The Balaban J connectivity index is 2.49. The van der Waals surface area contributed by atoms with Crippen LogP contribution in [0.2, 0.25) is 0 Å². The number of aromatic carboxylic acids is 1. The molecule has 0 aromatic carbocycles. The average Bonchev–Trinajstić information content (AvgIpc) is 2.68. The fourth-order valence-electron chi connectivity index (χ4n) is 1.91. The molecule has 2 heterocycles. The summed E-state index contributed by atoms with van der Waals surface area (Å²) in [7, 11) is 0. The summed E-state index contributed by atoms with van der Waals surface area (Å²) in [4.78, 5) is 25.4. The van der Waals surface area contributed by atoms with Crippen molar-refractivity contribution in [3.63, 3.8) is 0 Å². The smallest absolute Gasteiger partial charge is 0.339 e. The predicted octanol–water partition coefficient (Wildman–Crippen LogP) is 2.41. The SMILES string of the molecule is Cc1sc(N2CC(Cl)CC2=O)c(C(=O)O)c1C. The minimum Gasteiger partial charge on any atom is -0.478 e. The number of hydrogen-bond donors (Lipinski definition) is 1. The van der Waals surface area contributed by atoms with E-state index in [0.717, 1.165) is 10.4 Å². The molecule has 0 spiro atoms. The summed E-state index contributed by atoms with van der Waals surface area (Å²) in [6.07, 6.45) is 0.274. The van der Waals surface area contributed by atoms with E-state index in [-0.39, 0.29) is 23.3 Å². The van der Waals surface area contributed by atoms with Crippen molar-refractivity contribution in [3.8, 4) is 0 Å². The van der Waals surface area contributed by atoms with Gasteiger partial charge in [0.15, 0.2) is 0 Å². The van der Waals surface area contributed by atoms with Crippen molar-refractivity contribution in [2.24, 2.45) is 0 Å². The fraction of sp³-hybridized carbons (Fsp3) is 0.455. The van der Waals surface area contributed by atoms with Crippen LogP contribution in [0, 0.1) is 13.8 Å². The van der Waals surface area contributed by atoms with E-state index in [0.29, 0.717) is 11.5 Å². The summed E-state index contributed by atoms with van der Waals surface area (Å²) in [5.74, 6) is -1.10. The highest BCUT2D eigenvalue weighted by atomic mass is 35.5. The van der Waals surface area contributed by atoms with Gasteiger partial charge < -0.3 is 10.0 Å². The van der Waals surface area contributed by atoms with Crippen molar-refractivity contribution in [1.82, 2.24) is 0 Å². The first-order valence-corrected chi connectivity index (χ1v) is 6.44. The van der Waals surface area contributed by atoms with Gasteiger partial charge in [-0.15, -0.1) is 22.9 Å². The molecule has 1 fully saturated rings. The Morgan fingerprint density at radius 1 is 1.53 bits per heavy atom. The lowest BCUT2D eigenvalue weighted by Gasteiger charge is -2.14. The Morgan fingerprint density at radius 2 is 2.18 bits per heavy atom. The molecule has 1 aromatic heterocycles. The van der Waals surface area contributed by atoms with E-state index in [1.54, 1.807) is 6.92 Å². The molecule has 2 rings (SSSR count). The standard InChI is InChI=1S/C11H12ClNO3S/c1-5-6(2)17-10(9(5)11(15)16)13-4-7(12)3-8(13)14/h7H,3-4H2,1-2H3,(H,15,16). The van der Waals surface area contributed by atoms with Crippen LogP contribution in [-0.2, 0) is 4.79 Å². The number of rotatable bonds is 2. The van der Waals surface area contributed by atoms with Crippen LogP contribution in [0.5, 0.6) is 0 Å². The molecule has 1 N–H and O–H groups in total. The lowest BCUT2D eigenvalue weighted by atomic mass is 10.1. The van der Waals surface area contributed by atoms with Gasteiger partial charge >= 0.3 is 5.97 Å². The molecule has 0 saturated carbocycles. The second-order valence-electron chi connectivity index (χ2n) is 4.07. The third kappa shape index (κ3) is 2.05. The third-order valence-electron chi connectivity index (χ3n) is 2.90. The van der Waals surface area contributed by atoms with Crippen LogP contribution < -0.4 is 4.90 Å². The summed E-state index contributed by atoms with van der Waals surface area (Å²) in [5, 5.41) is 9.49. The minimum absolute atomic E-state index is 0.103. The number of carbonyl (C=O) groups excluding carboxylic acids is 1. The maximum atomic E-state index is 11.7. The van der Waals surface area contributed by atoms with Crippen LogP contribution in [-0.4, -0.2) is 28.9 Å². The molecule has 1 aromatic rings. The van der Waals surface area contributed by atoms with Crippen LogP contribution in [0.15, 0.2) is 0 Å². The summed E-state index contributed by atoms with van der Waals surface area (Å²) in [6.45, 7) is 4.01. The molecule has 6 heteroatoms. The summed E-state index contributed by atoms with van der Waals surface area (Å²) >= 11 is 7.26. The number of carboxylic acids is 1. The normalized spacial score (nSPS) is 20.1. The van der Waals surface area contributed by atoms with E-state index in [1.165, 1.54) is 16.2 Å². The lowest BCUT2D eigenvalue weighted by Crippen LogP contribution is -2.25. The van der Waals surface area contributed by atoms with E-state index >= 15 is 0 Å². The van der Waals surface area contributed by atoms with Gasteiger partial charge in [-0.2, -0.15) is 0 Å². The summed E-state index contributed by atoms with van der Waals surface area (Å²) < 4.78 is 0. The number of hydrogen-bond acceptors (Lipinski definition) is 3. The first-order valence-electron chi connectivity index (χ1n) is 5.19. The van der Waals surface area contributed by atoms with Gasteiger partial charge in [0.2, 0.25) is 5.91 Å². The first-order chi connectivity index (χ1) is 7.91. The molecule has 0 aliphatic carbocycles. The number of thiophene rings is 1. The Hall–Kier alpha value is -1.07. The van der Waals surface area contributed by atoms with Crippen LogP contribution in [0.4, 0.5) is 5.00 Å². The average molecular weight is 274 g/mol. The number of aryl methyl sites for hydroxylation is 1. The number of carbonyl (C=O) groups is 2. The van der Waals surface area contributed by atoms with Crippen molar-refractivity contribution in [3.05, 3.63) is 16.0 Å². The largest absolute Gasteiger partial charge is 0.478 e. The molecular weight excluding hydrogens is 262 g/mol.